The fourth-order valence-electron chi connectivity index (χ4n) is 0.600. The summed E-state index contributed by atoms with van der Waals surface area (Å²) in [6.45, 7) is 7.04. The molecule has 1 heterocycles. The van der Waals surface area contributed by atoms with Crippen LogP contribution in [0.3, 0.4) is 0 Å². The predicted octanol–water partition coefficient (Wildman–Crippen LogP) is 0.871. The third kappa shape index (κ3) is 1.57. The van der Waals surface area contributed by atoms with E-state index >= 15 is 0 Å². The van der Waals surface area contributed by atoms with Crippen molar-refractivity contribution < 1.29 is 0 Å². The Morgan fingerprint density at radius 3 is 3.22 bits per heavy atom. The molecule has 0 atom stereocenters. The van der Waals surface area contributed by atoms with Crippen molar-refractivity contribution >= 4 is 0 Å². The summed E-state index contributed by atoms with van der Waals surface area (Å²) in [4.78, 5) is 3.21. The lowest BCUT2D eigenvalue weighted by Gasteiger charge is -1.82. The fraction of sp³-hybridized carbons (Fsp3) is 0.333. The Morgan fingerprint density at radius 2 is 2.67 bits per heavy atom. The summed E-state index contributed by atoms with van der Waals surface area (Å²) in [7, 11) is 0. The number of hydrogen-bond acceptors (Lipinski definition) is 1. The molecule has 0 saturated carbocycles. The van der Waals surface area contributed by atoms with Gasteiger partial charge in [-0.2, -0.15) is 5.10 Å². The highest BCUT2D eigenvalue weighted by Crippen LogP contribution is 1.91. The van der Waals surface area contributed by atoms with Crippen LogP contribution in [-0.4, -0.2) is 16.7 Å². The van der Waals surface area contributed by atoms with Gasteiger partial charge in [0.2, 0.25) is 6.54 Å². The van der Waals surface area contributed by atoms with E-state index in [-0.39, 0.29) is 0 Å². The molecule has 0 aliphatic heterocycles. The van der Waals surface area contributed by atoms with E-state index in [1.807, 2.05) is 6.07 Å². The molecule has 0 aromatic carbocycles. The van der Waals surface area contributed by atoms with E-state index in [4.69, 9.17) is 6.57 Å². The van der Waals surface area contributed by atoms with E-state index in [1.165, 1.54) is 0 Å². The summed E-state index contributed by atoms with van der Waals surface area (Å²) in [5.74, 6) is 0. The van der Waals surface area contributed by atoms with Gasteiger partial charge in [0.25, 0.3) is 0 Å². The van der Waals surface area contributed by atoms with Crippen molar-refractivity contribution in [3.63, 3.8) is 0 Å². The summed E-state index contributed by atoms with van der Waals surface area (Å²) in [6.07, 6.45) is 2.47. The minimum absolute atomic E-state index is 0.544. The average Bonchev–Trinajstić information content (AvgIpc) is 2.34. The minimum Gasteiger partial charge on any atom is -0.317 e. The average molecular weight is 121 g/mol. The number of hydrogen-bond donors (Lipinski definition) is 1. The normalized spacial score (nSPS) is 8.78. The third-order valence-electron chi connectivity index (χ3n) is 1.05. The van der Waals surface area contributed by atoms with Crippen LogP contribution < -0.4 is 0 Å². The van der Waals surface area contributed by atoms with Crippen LogP contribution in [-0.2, 0) is 6.42 Å². The van der Waals surface area contributed by atoms with Gasteiger partial charge in [0.1, 0.15) is 0 Å². The van der Waals surface area contributed by atoms with Crippen LogP contribution in [0.25, 0.3) is 4.85 Å². The largest absolute Gasteiger partial charge is 0.317 e. The van der Waals surface area contributed by atoms with Crippen molar-refractivity contribution in [2.24, 2.45) is 0 Å². The Balaban J connectivity index is 2.41. The molecular formula is C6H7N3. The molecule has 9 heavy (non-hydrogen) atoms. The monoisotopic (exact) mass is 121 g/mol. The molecule has 46 valence electrons. The standard InChI is InChI=1S/C6H7N3/c1-7-4-2-6-3-5-8-9-6/h3,5H,2,4H2,(H,8,9). The molecule has 1 aromatic rings. The van der Waals surface area contributed by atoms with Crippen molar-refractivity contribution in [2.75, 3.05) is 6.54 Å². The molecular weight excluding hydrogens is 114 g/mol. The summed E-state index contributed by atoms with van der Waals surface area (Å²) in [6, 6.07) is 1.88. The third-order valence-corrected chi connectivity index (χ3v) is 1.05. The first kappa shape index (κ1) is 5.83. The number of aromatic amines is 1. The lowest BCUT2D eigenvalue weighted by atomic mass is 10.3. The highest BCUT2D eigenvalue weighted by atomic mass is 15.1. The Morgan fingerprint density at radius 1 is 1.78 bits per heavy atom. The summed E-state index contributed by atoms with van der Waals surface area (Å²) in [5, 5.41) is 6.53. The van der Waals surface area contributed by atoms with E-state index < -0.39 is 0 Å². The van der Waals surface area contributed by atoms with E-state index in [9.17, 15) is 0 Å². The zero-order valence-electron chi connectivity index (χ0n) is 4.96. The SMILES string of the molecule is [C-]#[N+]CCc1ccn[nH]1. The quantitative estimate of drug-likeness (QED) is 0.578. The van der Waals surface area contributed by atoms with E-state index in [1.54, 1.807) is 6.20 Å². The minimum atomic E-state index is 0.544. The zero-order chi connectivity index (χ0) is 6.53. The van der Waals surface area contributed by atoms with Gasteiger partial charge >= 0.3 is 0 Å². The molecule has 0 aliphatic rings. The van der Waals surface area contributed by atoms with Crippen molar-refractivity contribution in [2.45, 2.75) is 6.42 Å². The zero-order valence-corrected chi connectivity index (χ0v) is 4.96. The smallest absolute Gasteiger partial charge is 0.220 e. The predicted molar refractivity (Wildman–Crippen MR) is 33.8 cm³/mol. The van der Waals surface area contributed by atoms with Gasteiger partial charge in [-0.3, -0.25) is 5.10 Å². The number of nitrogens with one attached hydrogen (secondary N) is 1. The van der Waals surface area contributed by atoms with Crippen LogP contribution in [0, 0.1) is 6.57 Å². The number of nitrogens with zero attached hydrogens (tertiary/aromatic N) is 2. The molecule has 1 aromatic heterocycles. The lowest BCUT2D eigenvalue weighted by Crippen LogP contribution is -1.86. The second-order valence-corrected chi connectivity index (χ2v) is 1.71. The first-order chi connectivity index (χ1) is 4.43. The fourth-order valence-corrected chi connectivity index (χ4v) is 0.600. The van der Waals surface area contributed by atoms with Crippen molar-refractivity contribution in [3.05, 3.63) is 29.4 Å². The Bertz CT molecular complexity index is 195. The molecule has 3 nitrogen and oxygen atoms in total. The van der Waals surface area contributed by atoms with Crippen LogP contribution in [0.15, 0.2) is 12.3 Å². The summed E-state index contributed by atoms with van der Waals surface area (Å²) in [5.41, 5.74) is 1.03. The molecule has 0 aliphatic carbocycles. The molecule has 0 spiro atoms. The second-order valence-electron chi connectivity index (χ2n) is 1.71. The molecule has 3 heteroatoms. The van der Waals surface area contributed by atoms with E-state index in [2.05, 4.69) is 15.0 Å². The second kappa shape index (κ2) is 2.88. The number of H-pyrrole nitrogens is 1. The molecule has 1 N–H and O–H groups in total. The molecule has 1 rings (SSSR count). The summed E-state index contributed by atoms with van der Waals surface area (Å²) >= 11 is 0. The first-order valence-corrected chi connectivity index (χ1v) is 2.75. The van der Waals surface area contributed by atoms with Gasteiger partial charge in [0.05, 0.1) is 6.42 Å². The van der Waals surface area contributed by atoms with Crippen LogP contribution in [0.1, 0.15) is 5.69 Å². The molecule has 0 bridgehead atoms. The van der Waals surface area contributed by atoms with Crippen molar-refractivity contribution in [1.29, 1.82) is 0 Å². The topological polar surface area (TPSA) is 33.0 Å². The highest BCUT2D eigenvalue weighted by Gasteiger charge is 1.92. The van der Waals surface area contributed by atoms with Gasteiger partial charge < -0.3 is 4.85 Å². The maximum atomic E-state index is 6.50. The van der Waals surface area contributed by atoms with Crippen LogP contribution in [0.4, 0.5) is 0 Å². The number of rotatable bonds is 2. The van der Waals surface area contributed by atoms with Gasteiger partial charge in [-0.1, -0.05) is 0 Å². The summed E-state index contributed by atoms with van der Waals surface area (Å²) < 4.78 is 0. The van der Waals surface area contributed by atoms with Crippen LogP contribution in [0.2, 0.25) is 0 Å². The van der Waals surface area contributed by atoms with Gasteiger partial charge in [-0.05, 0) is 6.07 Å². The van der Waals surface area contributed by atoms with Crippen molar-refractivity contribution in [3.8, 4) is 0 Å². The van der Waals surface area contributed by atoms with Gasteiger partial charge in [-0.25, -0.2) is 6.57 Å². The maximum Gasteiger partial charge on any atom is 0.220 e. The van der Waals surface area contributed by atoms with Gasteiger partial charge in [0.15, 0.2) is 0 Å². The lowest BCUT2D eigenvalue weighted by molar-refractivity contribution is 0.954. The highest BCUT2D eigenvalue weighted by molar-refractivity contribution is 4.98. The molecule has 0 saturated heterocycles. The van der Waals surface area contributed by atoms with Gasteiger partial charge in [-0.15, -0.1) is 0 Å². The Labute approximate surface area is 53.5 Å². The van der Waals surface area contributed by atoms with Crippen LogP contribution in [0.5, 0.6) is 0 Å². The van der Waals surface area contributed by atoms with Crippen molar-refractivity contribution in [1.82, 2.24) is 10.2 Å². The van der Waals surface area contributed by atoms with E-state index in [0.29, 0.717) is 6.54 Å². The first-order valence-electron chi connectivity index (χ1n) is 2.75. The number of aromatic nitrogens is 2. The molecule has 0 unspecified atom stereocenters. The Kier molecular flexibility index (Phi) is 1.86. The van der Waals surface area contributed by atoms with Crippen LogP contribution >= 0.6 is 0 Å². The molecule has 0 amide bonds. The molecule has 0 fully saturated rings. The maximum absolute atomic E-state index is 6.50. The Hall–Kier alpha value is -1.30. The van der Waals surface area contributed by atoms with Gasteiger partial charge in [0, 0.05) is 11.9 Å². The molecule has 0 radical (unpaired) electrons. The van der Waals surface area contributed by atoms with E-state index in [0.717, 1.165) is 12.1 Å².